The predicted molar refractivity (Wildman–Crippen MR) is 95.5 cm³/mol. The van der Waals surface area contributed by atoms with Crippen LogP contribution in [0.15, 0.2) is 29.2 Å². The van der Waals surface area contributed by atoms with Crippen LogP contribution in [0.3, 0.4) is 0 Å². The second-order valence-corrected chi connectivity index (χ2v) is 8.42. The maximum absolute atomic E-state index is 12.8. The smallest absolute Gasteiger partial charge is 0.243 e. The van der Waals surface area contributed by atoms with Gasteiger partial charge in [0.1, 0.15) is 0 Å². The molecule has 1 aliphatic rings. The normalized spacial score (nSPS) is 17.1. The van der Waals surface area contributed by atoms with E-state index in [1.165, 1.54) is 16.4 Å². The minimum absolute atomic E-state index is 0.0319. The van der Waals surface area contributed by atoms with E-state index < -0.39 is 10.0 Å². The van der Waals surface area contributed by atoms with Crippen LogP contribution < -0.4 is 0 Å². The van der Waals surface area contributed by atoms with E-state index in [1.54, 1.807) is 12.1 Å². The number of benzene rings is 1. The van der Waals surface area contributed by atoms with E-state index >= 15 is 0 Å². The van der Waals surface area contributed by atoms with Crippen LogP contribution in [0.1, 0.15) is 33.1 Å². The molecule has 24 heavy (non-hydrogen) atoms. The van der Waals surface area contributed by atoms with Gasteiger partial charge in [-0.25, -0.2) is 8.42 Å². The Morgan fingerprint density at radius 2 is 1.71 bits per heavy atom. The van der Waals surface area contributed by atoms with Gasteiger partial charge < -0.3 is 4.90 Å². The van der Waals surface area contributed by atoms with Crippen molar-refractivity contribution >= 4 is 27.5 Å². The molecule has 1 aliphatic heterocycles. The van der Waals surface area contributed by atoms with Crippen molar-refractivity contribution in [3.63, 3.8) is 0 Å². The molecule has 1 aromatic rings. The standard InChI is InChI=1S/C17H25ClN2O3S/c1-3-14(4-2)17(21)19-10-5-11-20(13-12-19)24(22,23)16-8-6-15(18)7-9-16/h6-9,14H,3-5,10-13H2,1-2H3. The highest BCUT2D eigenvalue weighted by Gasteiger charge is 2.29. The maximum atomic E-state index is 12.8. The van der Waals surface area contributed by atoms with Crippen LogP contribution >= 0.6 is 11.6 Å². The minimum Gasteiger partial charge on any atom is -0.341 e. The van der Waals surface area contributed by atoms with Crippen LogP contribution in [0.5, 0.6) is 0 Å². The molecule has 1 saturated heterocycles. The van der Waals surface area contributed by atoms with E-state index in [-0.39, 0.29) is 16.7 Å². The molecule has 1 aromatic carbocycles. The molecule has 1 heterocycles. The van der Waals surface area contributed by atoms with Crippen LogP contribution in [-0.4, -0.2) is 49.7 Å². The molecule has 2 rings (SSSR count). The number of hydrogen-bond donors (Lipinski definition) is 0. The van der Waals surface area contributed by atoms with Gasteiger partial charge in [-0.1, -0.05) is 25.4 Å². The van der Waals surface area contributed by atoms with Gasteiger partial charge in [0.15, 0.2) is 0 Å². The highest BCUT2D eigenvalue weighted by atomic mass is 35.5. The summed E-state index contributed by atoms with van der Waals surface area (Å²) < 4.78 is 27.0. The summed E-state index contributed by atoms with van der Waals surface area (Å²) in [6.45, 7) is 5.85. The van der Waals surface area contributed by atoms with Gasteiger partial charge in [0, 0.05) is 37.1 Å². The predicted octanol–water partition coefficient (Wildman–Crippen LogP) is 3.00. The average molecular weight is 373 g/mol. The molecule has 0 N–H and O–H groups in total. The number of carbonyl (C=O) groups is 1. The molecule has 0 saturated carbocycles. The van der Waals surface area contributed by atoms with Gasteiger partial charge in [0.2, 0.25) is 15.9 Å². The molecule has 0 unspecified atom stereocenters. The van der Waals surface area contributed by atoms with Crippen molar-refractivity contribution in [2.75, 3.05) is 26.2 Å². The highest BCUT2D eigenvalue weighted by molar-refractivity contribution is 7.89. The zero-order chi connectivity index (χ0) is 17.7. The summed E-state index contributed by atoms with van der Waals surface area (Å²) in [4.78, 5) is 14.6. The topological polar surface area (TPSA) is 57.7 Å². The summed E-state index contributed by atoms with van der Waals surface area (Å²) in [5.41, 5.74) is 0. The molecular weight excluding hydrogens is 348 g/mol. The SMILES string of the molecule is CCC(CC)C(=O)N1CCCN(S(=O)(=O)c2ccc(Cl)cc2)CC1. The second kappa shape index (κ2) is 8.32. The summed E-state index contributed by atoms with van der Waals surface area (Å²) in [5.74, 6) is 0.176. The summed E-state index contributed by atoms with van der Waals surface area (Å²) in [6.07, 6.45) is 2.29. The van der Waals surface area contributed by atoms with Crippen molar-refractivity contribution in [3.8, 4) is 0 Å². The first-order chi connectivity index (χ1) is 11.4. The average Bonchev–Trinajstić information content (AvgIpc) is 2.83. The van der Waals surface area contributed by atoms with Gasteiger partial charge in [-0.15, -0.1) is 0 Å². The Labute approximate surface area is 149 Å². The van der Waals surface area contributed by atoms with E-state index in [0.29, 0.717) is 37.6 Å². The van der Waals surface area contributed by atoms with Crippen molar-refractivity contribution < 1.29 is 13.2 Å². The molecule has 134 valence electrons. The zero-order valence-electron chi connectivity index (χ0n) is 14.2. The lowest BCUT2D eigenvalue weighted by Crippen LogP contribution is -2.39. The lowest BCUT2D eigenvalue weighted by atomic mass is 10.0. The van der Waals surface area contributed by atoms with Gasteiger partial charge in [-0.3, -0.25) is 4.79 Å². The summed E-state index contributed by atoms with van der Waals surface area (Å²) >= 11 is 5.83. The largest absolute Gasteiger partial charge is 0.341 e. The first-order valence-electron chi connectivity index (χ1n) is 8.44. The third-order valence-electron chi connectivity index (χ3n) is 4.55. The molecule has 7 heteroatoms. The molecule has 1 fully saturated rings. The molecule has 0 bridgehead atoms. The maximum Gasteiger partial charge on any atom is 0.243 e. The third kappa shape index (κ3) is 4.29. The first kappa shape index (κ1) is 19.2. The van der Waals surface area contributed by atoms with Crippen LogP contribution in [-0.2, 0) is 14.8 Å². The number of halogens is 1. The Morgan fingerprint density at radius 1 is 1.08 bits per heavy atom. The molecule has 1 amide bonds. The van der Waals surface area contributed by atoms with Gasteiger partial charge in [-0.05, 0) is 43.5 Å². The summed E-state index contributed by atoms with van der Waals surface area (Å²) in [7, 11) is -3.55. The van der Waals surface area contributed by atoms with Gasteiger partial charge in [-0.2, -0.15) is 4.31 Å². The number of rotatable bonds is 5. The third-order valence-corrected chi connectivity index (χ3v) is 6.72. The Kier molecular flexibility index (Phi) is 6.66. The number of amides is 1. The summed E-state index contributed by atoms with van der Waals surface area (Å²) in [6, 6.07) is 6.20. The number of nitrogens with zero attached hydrogens (tertiary/aromatic N) is 2. The monoisotopic (exact) mass is 372 g/mol. The van der Waals surface area contributed by atoms with Crippen LogP contribution in [0.4, 0.5) is 0 Å². The molecule has 0 radical (unpaired) electrons. The molecule has 5 nitrogen and oxygen atoms in total. The zero-order valence-corrected chi connectivity index (χ0v) is 15.8. The van der Waals surface area contributed by atoms with Crippen LogP contribution in [0.25, 0.3) is 0 Å². The van der Waals surface area contributed by atoms with E-state index in [2.05, 4.69) is 0 Å². The Hall–Kier alpha value is -1.11. The minimum atomic E-state index is -3.55. The van der Waals surface area contributed by atoms with Crippen molar-refractivity contribution in [1.82, 2.24) is 9.21 Å². The quantitative estimate of drug-likeness (QED) is 0.798. The fourth-order valence-electron chi connectivity index (χ4n) is 3.01. The van der Waals surface area contributed by atoms with Crippen molar-refractivity contribution in [1.29, 1.82) is 0 Å². The van der Waals surface area contributed by atoms with E-state index in [4.69, 9.17) is 11.6 Å². The lowest BCUT2D eigenvalue weighted by Gasteiger charge is -2.25. The molecule has 0 spiro atoms. The Balaban J connectivity index is 2.10. The molecule has 0 atom stereocenters. The van der Waals surface area contributed by atoms with Crippen molar-refractivity contribution in [3.05, 3.63) is 29.3 Å². The fraction of sp³-hybridized carbons (Fsp3) is 0.588. The Morgan fingerprint density at radius 3 is 2.29 bits per heavy atom. The number of carbonyl (C=O) groups excluding carboxylic acids is 1. The summed E-state index contributed by atoms with van der Waals surface area (Å²) in [5, 5.41) is 0.506. The highest BCUT2D eigenvalue weighted by Crippen LogP contribution is 2.21. The van der Waals surface area contributed by atoms with Gasteiger partial charge in [0.25, 0.3) is 0 Å². The first-order valence-corrected chi connectivity index (χ1v) is 10.3. The van der Waals surface area contributed by atoms with E-state index in [0.717, 1.165) is 12.8 Å². The van der Waals surface area contributed by atoms with E-state index in [9.17, 15) is 13.2 Å². The Bertz CT molecular complexity index is 657. The number of hydrogen-bond acceptors (Lipinski definition) is 3. The lowest BCUT2D eigenvalue weighted by molar-refractivity contribution is -0.135. The van der Waals surface area contributed by atoms with Gasteiger partial charge in [0.05, 0.1) is 4.90 Å². The fourth-order valence-corrected chi connectivity index (χ4v) is 4.60. The van der Waals surface area contributed by atoms with Crippen molar-refractivity contribution in [2.45, 2.75) is 38.0 Å². The van der Waals surface area contributed by atoms with E-state index in [1.807, 2.05) is 18.7 Å². The van der Waals surface area contributed by atoms with Crippen molar-refractivity contribution in [2.24, 2.45) is 5.92 Å². The van der Waals surface area contributed by atoms with Gasteiger partial charge >= 0.3 is 0 Å². The van der Waals surface area contributed by atoms with Crippen LogP contribution in [0.2, 0.25) is 5.02 Å². The van der Waals surface area contributed by atoms with Crippen LogP contribution in [0, 0.1) is 5.92 Å². The molecule has 0 aromatic heterocycles. The number of sulfonamides is 1. The second-order valence-electron chi connectivity index (χ2n) is 6.05. The molecule has 0 aliphatic carbocycles. The molecular formula is C17H25ClN2O3S.